The molecule has 0 aliphatic rings. The van der Waals surface area contributed by atoms with Gasteiger partial charge in [-0.15, -0.1) is 0 Å². The van der Waals surface area contributed by atoms with Crippen LogP contribution in [0.3, 0.4) is 0 Å². The van der Waals surface area contributed by atoms with Crippen molar-refractivity contribution in [2.75, 3.05) is 20.2 Å². The van der Waals surface area contributed by atoms with Crippen LogP contribution in [0.5, 0.6) is 0 Å². The van der Waals surface area contributed by atoms with E-state index < -0.39 is 0 Å². The average Bonchev–Trinajstić information content (AvgIpc) is 2.44. The summed E-state index contributed by atoms with van der Waals surface area (Å²) in [5, 5.41) is 17.4. The second-order valence-electron chi connectivity index (χ2n) is 4.08. The highest BCUT2D eigenvalue weighted by atomic mass is 16.2. The fourth-order valence-electron chi connectivity index (χ4n) is 1.53. The SMILES string of the molecule is CC(C#N)CN(C)C(=O)c1ncccc1C#CCO. The predicted molar refractivity (Wildman–Crippen MR) is 69.9 cm³/mol. The maximum atomic E-state index is 12.2. The molecule has 1 rings (SSSR count). The van der Waals surface area contributed by atoms with Crippen molar-refractivity contribution in [3.8, 4) is 17.9 Å². The molecule has 1 aromatic heterocycles. The molecule has 0 aliphatic carbocycles. The molecule has 1 atom stereocenters. The molecule has 19 heavy (non-hydrogen) atoms. The van der Waals surface area contributed by atoms with E-state index in [9.17, 15) is 4.79 Å². The van der Waals surface area contributed by atoms with Crippen LogP contribution in [0.1, 0.15) is 23.0 Å². The molecule has 1 amide bonds. The van der Waals surface area contributed by atoms with E-state index in [2.05, 4.69) is 22.9 Å². The molecule has 0 bridgehead atoms. The summed E-state index contributed by atoms with van der Waals surface area (Å²) in [6.07, 6.45) is 1.51. The minimum absolute atomic E-state index is 0.232. The van der Waals surface area contributed by atoms with Crippen LogP contribution in [-0.2, 0) is 0 Å². The Kier molecular flexibility index (Phi) is 5.53. The molecular formula is C14H15N3O2. The summed E-state index contributed by atoms with van der Waals surface area (Å²) in [6.45, 7) is 1.80. The molecule has 0 fully saturated rings. The number of carbonyl (C=O) groups is 1. The van der Waals surface area contributed by atoms with E-state index in [1.54, 1.807) is 26.1 Å². The number of aliphatic hydroxyl groups excluding tert-OH is 1. The van der Waals surface area contributed by atoms with Gasteiger partial charge in [0.2, 0.25) is 0 Å². The summed E-state index contributed by atoms with van der Waals surface area (Å²) in [5.41, 5.74) is 0.703. The first kappa shape index (κ1) is 14.7. The van der Waals surface area contributed by atoms with Gasteiger partial charge in [0.05, 0.1) is 17.6 Å². The van der Waals surface area contributed by atoms with E-state index in [-0.39, 0.29) is 24.1 Å². The molecule has 5 nitrogen and oxygen atoms in total. The third-order valence-electron chi connectivity index (χ3n) is 2.43. The van der Waals surface area contributed by atoms with Crippen molar-refractivity contribution in [1.29, 1.82) is 5.26 Å². The number of nitrogens with zero attached hydrogens (tertiary/aromatic N) is 3. The summed E-state index contributed by atoms with van der Waals surface area (Å²) in [7, 11) is 1.62. The van der Waals surface area contributed by atoms with E-state index in [0.29, 0.717) is 12.1 Å². The number of rotatable bonds is 3. The van der Waals surface area contributed by atoms with Gasteiger partial charge in [0, 0.05) is 19.8 Å². The van der Waals surface area contributed by atoms with Gasteiger partial charge in [0.25, 0.3) is 5.91 Å². The van der Waals surface area contributed by atoms with Gasteiger partial charge in [-0.3, -0.25) is 4.79 Å². The van der Waals surface area contributed by atoms with Crippen LogP contribution in [0.4, 0.5) is 0 Å². The molecule has 1 N–H and O–H groups in total. The van der Waals surface area contributed by atoms with Crippen LogP contribution >= 0.6 is 0 Å². The molecule has 0 aliphatic heterocycles. The van der Waals surface area contributed by atoms with Gasteiger partial charge >= 0.3 is 0 Å². The van der Waals surface area contributed by atoms with Crippen LogP contribution in [-0.4, -0.2) is 41.1 Å². The lowest BCUT2D eigenvalue weighted by Crippen LogP contribution is -2.31. The van der Waals surface area contributed by atoms with Gasteiger partial charge in [0.15, 0.2) is 0 Å². The highest BCUT2D eigenvalue weighted by Gasteiger charge is 2.17. The van der Waals surface area contributed by atoms with E-state index in [1.165, 1.54) is 11.1 Å². The molecule has 1 aromatic rings. The van der Waals surface area contributed by atoms with Gasteiger partial charge < -0.3 is 10.0 Å². The molecular weight excluding hydrogens is 242 g/mol. The van der Waals surface area contributed by atoms with Crippen molar-refractivity contribution >= 4 is 5.91 Å². The maximum absolute atomic E-state index is 12.2. The average molecular weight is 257 g/mol. The molecule has 98 valence electrons. The van der Waals surface area contributed by atoms with Crippen LogP contribution in [0, 0.1) is 29.1 Å². The van der Waals surface area contributed by atoms with Crippen molar-refractivity contribution in [2.24, 2.45) is 5.92 Å². The number of aromatic nitrogens is 1. The molecule has 0 aromatic carbocycles. The Morgan fingerprint density at radius 2 is 2.37 bits per heavy atom. The monoisotopic (exact) mass is 257 g/mol. The van der Waals surface area contributed by atoms with E-state index in [0.717, 1.165) is 0 Å². The molecule has 1 unspecified atom stereocenters. The smallest absolute Gasteiger partial charge is 0.273 e. The van der Waals surface area contributed by atoms with Crippen molar-refractivity contribution in [1.82, 2.24) is 9.88 Å². The first-order valence-electron chi connectivity index (χ1n) is 5.80. The van der Waals surface area contributed by atoms with Crippen molar-refractivity contribution in [3.63, 3.8) is 0 Å². The molecule has 0 spiro atoms. The first-order chi connectivity index (χ1) is 9.10. The highest BCUT2D eigenvalue weighted by Crippen LogP contribution is 2.08. The Bertz CT molecular complexity index is 552. The quantitative estimate of drug-likeness (QED) is 0.807. The number of aliphatic hydroxyl groups is 1. The second kappa shape index (κ2) is 7.15. The molecule has 1 heterocycles. The van der Waals surface area contributed by atoms with Gasteiger partial charge in [0.1, 0.15) is 12.3 Å². The van der Waals surface area contributed by atoms with Gasteiger partial charge in [-0.2, -0.15) is 5.26 Å². The minimum Gasteiger partial charge on any atom is -0.384 e. The van der Waals surface area contributed by atoms with Gasteiger partial charge in [-0.25, -0.2) is 4.98 Å². The lowest BCUT2D eigenvalue weighted by atomic mass is 10.1. The molecule has 0 saturated carbocycles. The second-order valence-corrected chi connectivity index (χ2v) is 4.08. The fraction of sp³-hybridized carbons (Fsp3) is 0.357. The zero-order chi connectivity index (χ0) is 14.3. The van der Waals surface area contributed by atoms with Crippen LogP contribution in [0.15, 0.2) is 18.3 Å². The normalized spacial score (nSPS) is 10.8. The van der Waals surface area contributed by atoms with E-state index >= 15 is 0 Å². The van der Waals surface area contributed by atoms with Crippen LogP contribution < -0.4 is 0 Å². The number of carbonyl (C=O) groups excluding carboxylic acids is 1. The fourth-order valence-corrected chi connectivity index (χ4v) is 1.53. The standard InChI is InChI=1S/C14H15N3O2/c1-11(9-15)10-17(2)14(19)13-12(6-4-8-18)5-3-7-16-13/h3,5,7,11,18H,8,10H2,1-2H3. The Morgan fingerprint density at radius 1 is 1.63 bits per heavy atom. The Morgan fingerprint density at radius 3 is 3.00 bits per heavy atom. The summed E-state index contributed by atoms with van der Waals surface area (Å²) >= 11 is 0. The lowest BCUT2D eigenvalue weighted by Gasteiger charge is -2.18. The molecule has 5 heteroatoms. The largest absolute Gasteiger partial charge is 0.384 e. The summed E-state index contributed by atoms with van der Waals surface area (Å²) < 4.78 is 0. The zero-order valence-electron chi connectivity index (χ0n) is 10.9. The molecule has 0 saturated heterocycles. The van der Waals surface area contributed by atoms with Crippen molar-refractivity contribution < 1.29 is 9.90 Å². The topological polar surface area (TPSA) is 77.2 Å². The van der Waals surface area contributed by atoms with E-state index in [1.807, 2.05) is 0 Å². The lowest BCUT2D eigenvalue weighted by molar-refractivity contribution is 0.0779. The molecule has 0 radical (unpaired) electrons. The zero-order valence-corrected chi connectivity index (χ0v) is 10.9. The van der Waals surface area contributed by atoms with E-state index in [4.69, 9.17) is 10.4 Å². The van der Waals surface area contributed by atoms with Gasteiger partial charge in [-0.05, 0) is 19.1 Å². The maximum Gasteiger partial charge on any atom is 0.273 e. The Hall–Kier alpha value is -2.37. The highest BCUT2D eigenvalue weighted by molar-refractivity contribution is 5.94. The van der Waals surface area contributed by atoms with Crippen molar-refractivity contribution in [2.45, 2.75) is 6.92 Å². The predicted octanol–water partition coefficient (Wildman–Crippen LogP) is 0.657. The third kappa shape index (κ3) is 4.09. The van der Waals surface area contributed by atoms with Crippen molar-refractivity contribution in [3.05, 3.63) is 29.6 Å². The van der Waals surface area contributed by atoms with Crippen LogP contribution in [0.2, 0.25) is 0 Å². The number of hydrogen-bond donors (Lipinski definition) is 1. The first-order valence-corrected chi connectivity index (χ1v) is 5.80. The Balaban J connectivity index is 2.97. The van der Waals surface area contributed by atoms with Crippen LogP contribution in [0.25, 0.3) is 0 Å². The number of nitriles is 1. The van der Waals surface area contributed by atoms with Gasteiger partial charge in [-0.1, -0.05) is 11.8 Å². The Labute approximate surface area is 112 Å². The summed E-state index contributed by atoms with van der Waals surface area (Å²) in [5.74, 6) is 4.65. The third-order valence-corrected chi connectivity index (χ3v) is 2.43. The summed E-state index contributed by atoms with van der Waals surface area (Å²) in [6, 6.07) is 5.42. The summed E-state index contributed by atoms with van der Waals surface area (Å²) in [4.78, 5) is 17.7. The number of pyridine rings is 1. The number of hydrogen-bond acceptors (Lipinski definition) is 4. The number of amides is 1. The minimum atomic E-state index is -0.287.